The SMILES string of the molecule is C#CCCCCO.CCc1ncc(-c2cc(NC=O)ccc2C)cc1N1CCOCC1.Cc1cccc(C(F)(F)F)c1. The molecule has 2 N–H and O–H groups in total. The highest BCUT2D eigenvalue weighted by molar-refractivity contribution is 5.78. The van der Waals surface area contributed by atoms with Crippen LogP contribution in [0.4, 0.5) is 24.5 Å². The van der Waals surface area contributed by atoms with Gasteiger partial charge in [-0.1, -0.05) is 36.8 Å². The number of halogens is 3. The van der Waals surface area contributed by atoms with E-state index in [9.17, 15) is 18.0 Å². The number of aliphatic hydroxyl groups excluding tert-OH is 1. The molecule has 0 spiro atoms. The van der Waals surface area contributed by atoms with E-state index in [0.717, 1.165) is 92.2 Å². The van der Waals surface area contributed by atoms with Crippen LogP contribution in [0, 0.1) is 26.2 Å². The van der Waals surface area contributed by atoms with Crippen LogP contribution in [0.15, 0.2) is 54.7 Å². The van der Waals surface area contributed by atoms with Crippen molar-refractivity contribution in [2.24, 2.45) is 0 Å². The number of hydrogen-bond acceptors (Lipinski definition) is 5. The lowest BCUT2D eigenvalue weighted by atomic mass is 10.00. The third kappa shape index (κ3) is 11.2. The summed E-state index contributed by atoms with van der Waals surface area (Å²) >= 11 is 0. The summed E-state index contributed by atoms with van der Waals surface area (Å²) < 4.78 is 41.4. The van der Waals surface area contributed by atoms with Crippen molar-refractivity contribution in [1.29, 1.82) is 0 Å². The normalized spacial score (nSPS) is 12.7. The second-order valence-electron chi connectivity index (χ2n) is 9.69. The number of amides is 1. The van der Waals surface area contributed by atoms with E-state index < -0.39 is 11.7 Å². The summed E-state index contributed by atoms with van der Waals surface area (Å²) in [7, 11) is 0. The second kappa shape index (κ2) is 17.8. The molecule has 42 heavy (non-hydrogen) atoms. The van der Waals surface area contributed by atoms with Gasteiger partial charge in [-0.25, -0.2) is 0 Å². The van der Waals surface area contributed by atoms with E-state index in [1.807, 2.05) is 24.4 Å². The Morgan fingerprint density at radius 1 is 1.12 bits per heavy atom. The monoisotopic (exact) mass is 583 g/mol. The quantitative estimate of drug-likeness (QED) is 0.173. The first-order valence-corrected chi connectivity index (χ1v) is 14.0. The Morgan fingerprint density at radius 3 is 2.43 bits per heavy atom. The zero-order valence-corrected chi connectivity index (χ0v) is 24.5. The molecular weight excluding hydrogens is 543 g/mol. The first-order chi connectivity index (χ1) is 20.1. The maximum atomic E-state index is 12.0. The molecule has 4 rings (SSSR count). The summed E-state index contributed by atoms with van der Waals surface area (Å²) in [5, 5.41) is 10.9. The van der Waals surface area contributed by atoms with Gasteiger partial charge in [0, 0.05) is 43.6 Å². The molecule has 6 nitrogen and oxygen atoms in total. The third-order valence-corrected chi connectivity index (χ3v) is 6.48. The average molecular weight is 584 g/mol. The lowest BCUT2D eigenvalue weighted by molar-refractivity contribution is -0.137. The fraction of sp³-hybridized carbons (Fsp3) is 0.394. The van der Waals surface area contributed by atoms with Crippen molar-refractivity contribution in [2.75, 3.05) is 43.1 Å². The highest BCUT2D eigenvalue weighted by Crippen LogP contribution is 2.31. The number of aromatic nitrogens is 1. The Bertz CT molecular complexity index is 1300. The van der Waals surface area contributed by atoms with Gasteiger partial charge in [-0.05, 0) is 68.5 Å². The molecule has 1 fully saturated rings. The number of ether oxygens (including phenoxy) is 1. The number of morpholine rings is 1. The van der Waals surface area contributed by atoms with Crippen molar-refractivity contribution in [3.63, 3.8) is 0 Å². The fourth-order valence-corrected chi connectivity index (χ4v) is 4.23. The Morgan fingerprint density at radius 2 is 1.86 bits per heavy atom. The number of anilines is 2. The molecule has 0 bridgehead atoms. The number of pyridine rings is 1. The zero-order chi connectivity index (χ0) is 31.0. The number of alkyl halides is 3. The summed E-state index contributed by atoms with van der Waals surface area (Å²) in [5.74, 6) is 2.49. The second-order valence-corrected chi connectivity index (χ2v) is 9.69. The molecular formula is C33H40F3N3O3. The molecule has 1 aliphatic heterocycles. The van der Waals surface area contributed by atoms with Crippen molar-refractivity contribution >= 4 is 17.8 Å². The molecule has 1 amide bonds. The maximum Gasteiger partial charge on any atom is 0.416 e. The number of aryl methyl sites for hydroxylation is 3. The minimum atomic E-state index is -4.22. The van der Waals surface area contributed by atoms with Gasteiger partial charge in [0.05, 0.1) is 30.2 Å². The number of benzene rings is 2. The minimum absolute atomic E-state index is 0.266. The van der Waals surface area contributed by atoms with Crippen molar-refractivity contribution in [2.45, 2.75) is 52.6 Å². The van der Waals surface area contributed by atoms with Gasteiger partial charge in [0.2, 0.25) is 6.41 Å². The van der Waals surface area contributed by atoms with Gasteiger partial charge >= 0.3 is 6.18 Å². The molecule has 226 valence electrons. The third-order valence-electron chi connectivity index (χ3n) is 6.48. The number of nitrogens with zero attached hydrogens (tertiary/aromatic N) is 2. The van der Waals surface area contributed by atoms with Crippen LogP contribution in [0.3, 0.4) is 0 Å². The fourth-order valence-electron chi connectivity index (χ4n) is 4.23. The van der Waals surface area contributed by atoms with Crippen molar-refractivity contribution in [3.8, 4) is 23.5 Å². The molecule has 1 saturated heterocycles. The van der Waals surface area contributed by atoms with Crippen molar-refractivity contribution in [3.05, 3.63) is 77.1 Å². The van der Waals surface area contributed by atoms with Crippen LogP contribution in [0.1, 0.15) is 48.6 Å². The van der Waals surface area contributed by atoms with E-state index >= 15 is 0 Å². The van der Waals surface area contributed by atoms with Crippen LogP contribution < -0.4 is 10.2 Å². The van der Waals surface area contributed by atoms with Gasteiger partial charge in [-0.3, -0.25) is 9.78 Å². The van der Waals surface area contributed by atoms with Gasteiger partial charge < -0.3 is 20.1 Å². The number of nitrogens with one attached hydrogen (secondary N) is 1. The summed E-state index contributed by atoms with van der Waals surface area (Å²) in [5.41, 5.74) is 6.44. The number of aliphatic hydroxyl groups is 1. The van der Waals surface area contributed by atoms with E-state index in [0.29, 0.717) is 12.0 Å². The molecule has 9 heteroatoms. The van der Waals surface area contributed by atoms with Gasteiger partial charge in [0.1, 0.15) is 0 Å². The van der Waals surface area contributed by atoms with Gasteiger partial charge in [-0.2, -0.15) is 13.2 Å². The Kier molecular flexibility index (Phi) is 14.6. The standard InChI is InChI=1S/C19H23N3O2.C8H7F3.C6H10O/c1-3-18-19(22-6-8-24-9-7-22)10-15(12-20-18)17-11-16(21-13-23)5-4-14(17)2;1-6-3-2-4-7(5-6)8(9,10)11;1-2-3-4-5-6-7/h4-5,10-13H,3,6-9H2,1-2H3,(H,21,23);2-5H,1H3;1,7H,3-6H2. The smallest absolute Gasteiger partial charge is 0.396 e. The predicted octanol–water partition coefficient (Wildman–Crippen LogP) is 6.82. The summed E-state index contributed by atoms with van der Waals surface area (Å²) in [6.07, 6.45) is 6.83. The molecule has 1 aromatic heterocycles. The van der Waals surface area contributed by atoms with Crippen LogP contribution in [0.25, 0.3) is 11.1 Å². The van der Waals surface area contributed by atoms with Gasteiger partial charge in [0.15, 0.2) is 0 Å². The highest BCUT2D eigenvalue weighted by atomic mass is 19.4. The molecule has 0 atom stereocenters. The summed E-state index contributed by atoms with van der Waals surface area (Å²) in [4.78, 5) is 17.8. The van der Waals surface area contributed by atoms with Crippen molar-refractivity contribution in [1.82, 2.24) is 4.98 Å². The number of carbonyl (C=O) groups excluding carboxylic acids is 1. The lowest BCUT2D eigenvalue weighted by Gasteiger charge is -2.30. The Balaban J connectivity index is 0.000000282. The van der Waals surface area contributed by atoms with Gasteiger partial charge in [0.25, 0.3) is 0 Å². The molecule has 2 aromatic carbocycles. The summed E-state index contributed by atoms with van der Waals surface area (Å²) in [6, 6.07) is 13.4. The maximum absolute atomic E-state index is 12.0. The van der Waals surface area contributed by atoms with E-state index in [1.54, 1.807) is 13.0 Å². The van der Waals surface area contributed by atoms with Crippen LogP contribution in [0.5, 0.6) is 0 Å². The van der Waals surface area contributed by atoms with Crippen LogP contribution >= 0.6 is 0 Å². The molecule has 0 radical (unpaired) electrons. The number of terminal acetylenes is 1. The average Bonchev–Trinajstić information content (AvgIpc) is 2.99. The van der Waals surface area contributed by atoms with Crippen LogP contribution in [0.2, 0.25) is 0 Å². The minimum Gasteiger partial charge on any atom is -0.396 e. The predicted molar refractivity (Wildman–Crippen MR) is 162 cm³/mol. The lowest BCUT2D eigenvalue weighted by Crippen LogP contribution is -2.37. The number of unbranched alkanes of at least 4 members (excludes halogenated alkanes) is 2. The first-order valence-electron chi connectivity index (χ1n) is 14.0. The van der Waals surface area contributed by atoms with Crippen molar-refractivity contribution < 1.29 is 27.8 Å². The van der Waals surface area contributed by atoms with E-state index in [4.69, 9.17) is 21.3 Å². The molecule has 2 heterocycles. The largest absolute Gasteiger partial charge is 0.416 e. The van der Waals surface area contributed by atoms with Crippen LogP contribution in [-0.4, -0.2) is 49.4 Å². The number of carbonyl (C=O) groups is 1. The first kappa shape index (κ1) is 34.3. The number of hydrogen-bond donors (Lipinski definition) is 2. The summed E-state index contributed by atoms with van der Waals surface area (Å²) in [6.45, 7) is 9.40. The molecule has 0 unspecified atom stereocenters. The topological polar surface area (TPSA) is 74.7 Å². The molecule has 0 aliphatic carbocycles. The highest BCUT2D eigenvalue weighted by Gasteiger charge is 2.29. The molecule has 0 saturated carbocycles. The van der Waals surface area contributed by atoms with E-state index in [1.165, 1.54) is 11.8 Å². The molecule has 1 aliphatic rings. The zero-order valence-electron chi connectivity index (χ0n) is 24.5. The number of rotatable bonds is 8. The van der Waals surface area contributed by atoms with Gasteiger partial charge in [-0.15, -0.1) is 12.3 Å². The Hall–Kier alpha value is -3.87. The Labute approximate surface area is 246 Å². The van der Waals surface area contributed by atoms with E-state index in [2.05, 4.69) is 36.1 Å². The molecule has 3 aromatic rings. The van der Waals surface area contributed by atoms with E-state index in [-0.39, 0.29) is 6.61 Å². The van der Waals surface area contributed by atoms with Crippen LogP contribution in [-0.2, 0) is 22.1 Å².